The zero-order chi connectivity index (χ0) is 15.4. The first-order valence-electron chi connectivity index (χ1n) is 6.00. The first-order valence-corrected chi connectivity index (χ1v) is 6.00. The van der Waals surface area contributed by atoms with Crippen LogP contribution in [0, 0.1) is 10.1 Å². The lowest BCUT2D eigenvalue weighted by molar-refractivity contribution is -0.384. The molecule has 21 heavy (non-hydrogen) atoms. The van der Waals surface area contributed by atoms with Crippen molar-refractivity contribution < 1.29 is 23.6 Å². The van der Waals surface area contributed by atoms with E-state index in [1.54, 1.807) is 6.92 Å². The number of non-ortho nitro benzene ring substituents is 1. The number of hydrogen-bond acceptors (Lipinski definition) is 7. The summed E-state index contributed by atoms with van der Waals surface area (Å²) in [7, 11) is 0. The molecule has 0 aliphatic rings. The minimum Gasteiger partial charge on any atom is -0.435 e. The molecule has 110 valence electrons. The van der Waals surface area contributed by atoms with Crippen molar-refractivity contribution in [2.24, 2.45) is 0 Å². The van der Waals surface area contributed by atoms with Gasteiger partial charge in [0.2, 0.25) is 0 Å². The van der Waals surface area contributed by atoms with E-state index < -0.39 is 16.5 Å². The van der Waals surface area contributed by atoms with Crippen molar-refractivity contribution in [2.45, 2.75) is 6.92 Å². The third-order valence-corrected chi connectivity index (χ3v) is 2.62. The number of rotatable bonds is 5. The molecular weight excluding hydrogens is 282 g/mol. The Morgan fingerprint density at radius 2 is 2.14 bits per heavy atom. The third kappa shape index (κ3) is 3.23. The van der Waals surface area contributed by atoms with Gasteiger partial charge in [-0.25, -0.2) is 9.59 Å². The predicted molar refractivity (Wildman–Crippen MR) is 71.0 cm³/mol. The van der Waals surface area contributed by atoms with Crippen molar-refractivity contribution in [2.75, 3.05) is 13.4 Å². The summed E-state index contributed by atoms with van der Waals surface area (Å²) in [5.41, 5.74) is -1.25. The summed E-state index contributed by atoms with van der Waals surface area (Å²) in [5.74, 6) is -0.911. The standard InChI is InChI=1S/C13H11NO7/c1-2-19-7-20-12(15)10-6-8-5-9(14(17)18)3-4-11(8)21-13(10)16/h3-6H,2,7H2,1H3. The van der Waals surface area contributed by atoms with Crippen molar-refractivity contribution >= 4 is 22.6 Å². The number of hydrogen-bond donors (Lipinski definition) is 0. The Balaban J connectivity index is 2.40. The molecule has 0 amide bonds. The smallest absolute Gasteiger partial charge is 0.351 e. The van der Waals surface area contributed by atoms with E-state index in [9.17, 15) is 19.7 Å². The maximum Gasteiger partial charge on any atom is 0.351 e. The topological polar surface area (TPSA) is 109 Å². The van der Waals surface area contributed by atoms with Gasteiger partial charge in [0.25, 0.3) is 5.69 Å². The maximum atomic E-state index is 11.7. The zero-order valence-electron chi connectivity index (χ0n) is 11.0. The molecule has 2 rings (SSSR count). The maximum absolute atomic E-state index is 11.7. The largest absolute Gasteiger partial charge is 0.435 e. The average molecular weight is 293 g/mol. The van der Waals surface area contributed by atoms with Crippen LogP contribution in [0.1, 0.15) is 17.3 Å². The van der Waals surface area contributed by atoms with Gasteiger partial charge in [0.1, 0.15) is 11.1 Å². The van der Waals surface area contributed by atoms with E-state index in [1.807, 2.05) is 0 Å². The van der Waals surface area contributed by atoms with Crippen molar-refractivity contribution in [1.29, 1.82) is 0 Å². The molecule has 0 aliphatic carbocycles. The van der Waals surface area contributed by atoms with Gasteiger partial charge in [-0.15, -0.1) is 0 Å². The average Bonchev–Trinajstić information content (AvgIpc) is 2.46. The van der Waals surface area contributed by atoms with E-state index in [0.29, 0.717) is 6.61 Å². The molecule has 0 saturated carbocycles. The molecule has 0 saturated heterocycles. The number of esters is 1. The summed E-state index contributed by atoms with van der Waals surface area (Å²) < 4.78 is 14.5. The van der Waals surface area contributed by atoms with Crippen LogP contribution in [0.2, 0.25) is 0 Å². The summed E-state index contributed by atoms with van der Waals surface area (Å²) in [5, 5.41) is 11.0. The number of fused-ring (bicyclic) bond motifs is 1. The highest BCUT2D eigenvalue weighted by Gasteiger charge is 2.16. The Hall–Kier alpha value is -2.74. The number of benzene rings is 1. The lowest BCUT2D eigenvalue weighted by Gasteiger charge is -2.04. The first kappa shape index (κ1) is 14.7. The summed E-state index contributed by atoms with van der Waals surface area (Å²) in [6.07, 6.45) is 0. The summed E-state index contributed by atoms with van der Waals surface area (Å²) in [6, 6.07) is 4.91. The van der Waals surface area contributed by atoms with Crippen LogP contribution in [0.3, 0.4) is 0 Å². The molecule has 0 radical (unpaired) electrons. The molecule has 8 nitrogen and oxygen atoms in total. The first-order chi connectivity index (χ1) is 10.0. The van der Waals surface area contributed by atoms with Crippen molar-refractivity contribution in [3.63, 3.8) is 0 Å². The minimum atomic E-state index is -0.911. The van der Waals surface area contributed by atoms with Gasteiger partial charge in [-0.3, -0.25) is 10.1 Å². The molecule has 0 unspecified atom stereocenters. The van der Waals surface area contributed by atoms with Gasteiger partial charge in [-0.1, -0.05) is 0 Å². The molecule has 8 heteroatoms. The van der Waals surface area contributed by atoms with Gasteiger partial charge >= 0.3 is 11.6 Å². The Kier molecular flexibility index (Phi) is 4.29. The van der Waals surface area contributed by atoms with Crippen LogP contribution in [0.15, 0.2) is 33.5 Å². The fourth-order valence-corrected chi connectivity index (χ4v) is 1.62. The summed E-state index contributed by atoms with van der Waals surface area (Å²) >= 11 is 0. The van der Waals surface area contributed by atoms with Crippen LogP contribution < -0.4 is 5.63 Å². The zero-order valence-corrected chi connectivity index (χ0v) is 11.0. The van der Waals surface area contributed by atoms with Gasteiger partial charge in [-0.2, -0.15) is 0 Å². The quantitative estimate of drug-likeness (QED) is 0.206. The molecule has 0 atom stereocenters. The number of nitro groups is 1. The van der Waals surface area contributed by atoms with Crippen LogP contribution in [-0.4, -0.2) is 24.3 Å². The van der Waals surface area contributed by atoms with Crippen LogP contribution in [-0.2, 0) is 9.47 Å². The second-order valence-corrected chi connectivity index (χ2v) is 3.97. The minimum absolute atomic E-state index is 0.145. The molecular formula is C13H11NO7. The Bertz CT molecular complexity index is 750. The molecule has 0 N–H and O–H groups in total. The van der Waals surface area contributed by atoms with Crippen LogP contribution in [0.4, 0.5) is 5.69 Å². The van der Waals surface area contributed by atoms with Gasteiger partial charge in [-0.05, 0) is 19.1 Å². The van der Waals surface area contributed by atoms with E-state index in [0.717, 1.165) is 0 Å². The Morgan fingerprint density at radius 1 is 1.38 bits per heavy atom. The summed E-state index contributed by atoms with van der Waals surface area (Å²) in [4.78, 5) is 33.5. The lowest BCUT2D eigenvalue weighted by atomic mass is 10.1. The number of nitro benzene ring substituents is 1. The monoisotopic (exact) mass is 293 g/mol. The fourth-order valence-electron chi connectivity index (χ4n) is 1.62. The molecule has 1 heterocycles. The molecule has 2 aromatic rings. The SMILES string of the molecule is CCOCOC(=O)c1cc2cc([N+](=O)[O-])ccc2oc1=O. The van der Waals surface area contributed by atoms with E-state index in [1.165, 1.54) is 24.3 Å². The Morgan fingerprint density at radius 3 is 2.81 bits per heavy atom. The van der Waals surface area contributed by atoms with Crippen LogP contribution in [0.5, 0.6) is 0 Å². The highest BCUT2D eigenvalue weighted by Crippen LogP contribution is 2.20. The van der Waals surface area contributed by atoms with Crippen molar-refractivity contribution in [3.8, 4) is 0 Å². The second kappa shape index (κ2) is 6.14. The van der Waals surface area contributed by atoms with Gasteiger partial charge in [0.05, 0.1) is 4.92 Å². The molecule has 0 fully saturated rings. The van der Waals surface area contributed by atoms with Gasteiger partial charge < -0.3 is 13.9 Å². The lowest BCUT2D eigenvalue weighted by Crippen LogP contribution is -2.17. The molecule has 0 aliphatic heterocycles. The van der Waals surface area contributed by atoms with E-state index >= 15 is 0 Å². The van der Waals surface area contributed by atoms with Gasteiger partial charge in [0, 0.05) is 24.1 Å². The van der Waals surface area contributed by atoms with E-state index in [-0.39, 0.29) is 29.0 Å². The predicted octanol–water partition coefficient (Wildman–Crippen LogP) is 1.85. The number of carbonyl (C=O) groups is 1. The third-order valence-electron chi connectivity index (χ3n) is 2.62. The van der Waals surface area contributed by atoms with E-state index in [2.05, 4.69) is 0 Å². The highest BCUT2D eigenvalue weighted by atomic mass is 16.7. The van der Waals surface area contributed by atoms with Crippen LogP contribution >= 0.6 is 0 Å². The fraction of sp³-hybridized carbons (Fsp3) is 0.231. The van der Waals surface area contributed by atoms with Crippen molar-refractivity contribution in [1.82, 2.24) is 0 Å². The van der Waals surface area contributed by atoms with Gasteiger partial charge in [0.15, 0.2) is 6.79 Å². The summed E-state index contributed by atoms with van der Waals surface area (Å²) in [6.45, 7) is 1.78. The molecule has 0 bridgehead atoms. The Labute approximate surface area is 118 Å². The van der Waals surface area contributed by atoms with Crippen LogP contribution in [0.25, 0.3) is 11.0 Å². The van der Waals surface area contributed by atoms with Crippen molar-refractivity contribution in [3.05, 3.63) is 50.4 Å². The number of carbonyl (C=O) groups excluding carboxylic acids is 1. The van der Waals surface area contributed by atoms with E-state index in [4.69, 9.17) is 13.9 Å². The number of nitrogens with zero attached hydrogens (tertiary/aromatic N) is 1. The molecule has 1 aromatic heterocycles. The molecule has 1 aromatic carbocycles. The molecule has 0 spiro atoms. The second-order valence-electron chi connectivity index (χ2n) is 3.97. The highest BCUT2D eigenvalue weighted by molar-refractivity contribution is 5.93. The number of ether oxygens (including phenoxy) is 2. The normalized spacial score (nSPS) is 10.5.